The fourth-order valence-electron chi connectivity index (χ4n) is 2.21. The second-order valence-corrected chi connectivity index (χ2v) is 3.93. The average Bonchev–Trinajstić information content (AvgIpc) is 2.38. The van der Waals surface area contributed by atoms with Crippen molar-refractivity contribution in [1.82, 2.24) is 14.9 Å². The van der Waals surface area contributed by atoms with Crippen molar-refractivity contribution in [3.05, 3.63) is 23.8 Å². The summed E-state index contributed by atoms with van der Waals surface area (Å²) < 4.78 is 4.79. The van der Waals surface area contributed by atoms with Crippen molar-refractivity contribution in [1.29, 1.82) is 0 Å². The molecule has 2 rings (SSSR count). The van der Waals surface area contributed by atoms with Gasteiger partial charge in [-0.3, -0.25) is 0 Å². The van der Waals surface area contributed by atoms with Crippen molar-refractivity contribution in [3.8, 4) is 0 Å². The number of hydrogen-bond acceptors (Lipinski definition) is 5. The molecule has 1 atom stereocenters. The molecule has 2 heterocycles. The van der Waals surface area contributed by atoms with Gasteiger partial charge in [0.25, 0.3) is 0 Å². The van der Waals surface area contributed by atoms with Gasteiger partial charge in [-0.1, -0.05) is 0 Å². The summed E-state index contributed by atoms with van der Waals surface area (Å²) in [6.45, 7) is 1.12. The number of carbonyl (C=O) groups is 1. The maximum absolute atomic E-state index is 11.7. The lowest BCUT2D eigenvalue weighted by Gasteiger charge is -2.35. The van der Waals surface area contributed by atoms with E-state index in [0.717, 1.165) is 17.7 Å². The third kappa shape index (κ3) is 2.21. The molecular formula is C11H16N4O2. The Morgan fingerprint density at radius 3 is 3.24 bits per heavy atom. The molecule has 1 aromatic rings. The van der Waals surface area contributed by atoms with Crippen molar-refractivity contribution in [2.45, 2.75) is 18.9 Å². The maximum Gasteiger partial charge on any atom is 0.410 e. The molecule has 17 heavy (non-hydrogen) atoms. The highest BCUT2D eigenvalue weighted by Gasteiger charge is 2.31. The van der Waals surface area contributed by atoms with Gasteiger partial charge in [-0.05, 0) is 13.0 Å². The number of nitrogens with zero attached hydrogens (tertiary/aromatic N) is 3. The minimum absolute atomic E-state index is 0.0719. The van der Waals surface area contributed by atoms with Crippen LogP contribution in [0.4, 0.5) is 4.79 Å². The third-order valence-corrected chi connectivity index (χ3v) is 3.00. The molecule has 0 aliphatic carbocycles. The fourth-order valence-corrected chi connectivity index (χ4v) is 2.21. The highest BCUT2D eigenvalue weighted by molar-refractivity contribution is 5.68. The lowest BCUT2D eigenvalue weighted by molar-refractivity contribution is 0.0983. The van der Waals surface area contributed by atoms with Crippen LogP contribution >= 0.6 is 0 Å². The summed E-state index contributed by atoms with van der Waals surface area (Å²) in [7, 11) is 1.39. The Hall–Kier alpha value is -1.69. The lowest BCUT2D eigenvalue weighted by Crippen LogP contribution is -2.41. The van der Waals surface area contributed by atoms with Crippen LogP contribution in [0, 0.1) is 0 Å². The second kappa shape index (κ2) is 5.09. The summed E-state index contributed by atoms with van der Waals surface area (Å²) in [6, 6.07) is -0.0719. The van der Waals surface area contributed by atoms with Crippen LogP contribution in [0.3, 0.4) is 0 Å². The first-order valence-corrected chi connectivity index (χ1v) is 5.61. The number of hydrogen-bond donors (Lipinski definition) is 1. The molecule has 92 valence electrons. The van der Waals surface area contributed by atoms with Crippen molar-refractivity contribution >= 4 is 6.09 Å². The highest BCUT2D eigenvalue weighted by Crippen LogP contribution is 2.30. The molecule has 0 bridgehead atoms. The Morgan fingerprint density at radius 1 is 1.71 bits per heavy atom. The quantitative estimate of drug-likeness (QED) is 0.808. The van der Waals surface area contributed by atoms with Gasteiger partial charge in [0, 0.05) is 24.7 Å². The van der Waals surface area contributed by atoms with E-state index >= 15 is 0 Å². The number of amides is 1. The van der Waals surface area contributed by atoms with Gasteiger partial charge in [0.2, 0.25) is 0 Å². The molecule has 0 radical (unpaired) electrons. The summed E-state index contributed by atoms with van der Waals surface area (Å²) in [5, 5.41) is 0. The predicted molar refractivity (Wildman–Crippen MR) is 61.3 cm³/mol. The second-order valence-electron chi connectivity index (χ2n) is 3.93. The Morgan fingerprint density at radius 2 is 2.53 bits per heavy atom. The van der Waals surface area contributed by atoms with E-state index in [4.69, 9.17) is 10.5 Å². The predicted octanol–water partition coefficient (Wildman–Crippen LogP) is 0.491. The van der Waals surface area contributed by atoms with Crippen molar-refractivity contribution in [2.75, 3.05) is 20.2 Å². The topological polar surface area (TPSA) is 81.3 Å². The highest BCUT2D eigenvalue weighted by atomic mass is 16.5. The van der Waals surface area contributed by atoms with E-state index in [1.807, 2.05) is 0 Å². The minimum Gasteiger partial charge on any atom is -0.453 e. The first kappa shape index (κ1) is 11.8. The summed E-state index contributed by atoms with van der Waals surface area (Å²) in [5.41, 5.74) is 7.58. The molecule has 0 saturated heterocycles. The molecule has 0 aromatic carbocycles. The van der Waals surface area contributed by atoms with Gasteiger partial charge >= 0.3 is 6.09 Å². The van der Waals surface area contributed by atoms with E-state index in [1.165, 1.54) is 13.4 Å². The van der Waals surface area contributed by atoms with E-state index in [9.17, 15) is 4.79 Å². The monoisotopic (exact) mass is 236 g/mol. The van der Waals surface area contributed by atoms with E-state index in [2.05, 4.69) is 9.97 Å². The SMILES string of the molecule is COC(=O)N1CCc2ncncc2C1CCN. The summed E-state index contributed by atoms with van der Waals surface area (Å²) in [6.07, 6.45) is 4.39. The molecule has 6 heteroatoms. The fraction of sp³-hybridized carbons (Fsp3) is 0.545. The number of fused-ring (bicyclic) bond motifs is 1. The molecule has 0 fully saturated rings. The molecule has 1 unspecified atom stereocenters. The van der Waals surface area contributed by atoms with Gasteiger partial charge < -0.3 is 15.4 Å². The van der Waals surface area contributed by atoms with E-state index in [-0.39, 0.29) is 12.1 Å². The summed E-state index contributed by atoms with van der Waals surface area (Å²) >= 11 is 0. The maximum atomic E-state index is 11.7. The number of carbonyl (C=O) groups excluding carboxylic acids is 1. The van der Waals surface area contributed by atoms with Crippen molar-refractivity contribution in [3.63, 3.8) is 0 Å². The molecule has 1 aromatic heterocycles. The molecule has 2 N–H and O–H groups in total. The van der Waals surface area contributed by atoms with Crippen LogP contribution in [0.5, 0.6) is 0 Å². The van der Waals surface area contributed by atoms with Crippen LogP contribution in [0.2, 0.25) is 0 Å². The molecule has 1 aliphatic rings. The molecular weight excluding hydrogens is 220 g/mol. The Labute approximate surface area is 99.8 Å². The minimum atomic E-state index is -0.321. The van der Waals surface area contributed by atoms with Crippen LogP contribution in [0.15, 0.2) is 12.5 Å². The zero-order chi connectivity index (χ0) is 12.3. The number of rotatable bonds is 2. The van der Waals surface area contributed by atoms with Gasteiger partial charge in [0.05, 0.1) is 18.8 Å². The zero-order valence-corrected chi connectivity index (χ0v) is 9.80. The molecule has 6 nitrogen and oxygen atoms in total. The lowest BCUT2D eigenvalue weighted by atomic mass is 9.96. The smallest absolute Gasteiger partial charge is 0.410 e. The number of nitrogens with two attached hydrogens (primary N) is 1. The normalized spacial score (nSPS) is 18.7. The standard InChI is InChI=1S/C11H16N4O2/c1-17-11(16)15-5-3-9-8(6-13-7-14-9)10(15)2-4-12/h6-7,10H,2-5,12H2,1H3. The van der Waals surface area contributed by atoms with Crippen LogP contribution in [0.25, 0.3) is 0 Å². The van der Waals surface area contributed by atoms with Crippen LogP contribution in [0.1, 0.15) is 23.7 Å². The third-order valence-electron chi connectivity index (χ3n) is 3.00. The van der Waals surface area contributed by atoms with Crippen LogP contribution in [-0.2, 0) is 11.2 Å². The Kier molecular flexibility index (Phi) is 3.53. The van der Waals surface area contributed by atoms with Crippen LogP contribution < -0.4 is 5.73 Å². The number of ether oxygens (including phenoxy) is 1. The molecule has 1 amide bonds. The van der Waals surface area contributed by atoms with Crippen molar-refractivity contribution < 1.29 is 9.53 Å². The summed E-state index contributed by atoms with van der Waals surface area (Å²) in [5.74, 6) is 0. The average molecular weight is 236 g/mol. The van der Waals surface area contributed by atoms with E-state index < -0.39 is 0 Å². The largest absolute Gasteiger partial charge is 0.453 e. The molecule has 1 aliphatic heterocycles. The Balaban J connectivity index is 2.32. The van der Waals surface area contributed by atoms with E-state index in [1.54, 1.807) is 11.1 Å². The first-order chi connectivity index (χ1) is 8.27. The van der Waals surface area contributed by atoms with Gasteiger partial charge in [-0.25, -0.2) is 14.8 Å². The molecule has 0 saturated carbocycles. The van der Waals surface area contributed by atoms with Gasteiger partial charge in [0.15, 0.2) is 0 Å². The van der Waals surface area contributed by atoms with Crippen molar-refractivity contribution in [2.24, 2.45) is 5.73 Å². The first-order valence-electron chi connectivity index (χ1n) is 5.61. The molecule has 0 spiro atoms. The zero-order valence-electron chi connectivity index (χ0n) is 9.80. The van der Waals surface area contributed by atoms with Gasteiger partial charge in [0.1, 0.15) is 6.33 Å². The van der Waals surface area contributed by atoms with Gasteiger partial charge in [-0.2, -0.15) is 0 Å². The van der Waals surface area contributed by atoms with Gasteiger partial charge in [-0.15, -0.1) is 0 Å². The number of methoxy groups -OCH3 is 1. The summed E-state index contributed by atoms with van der Waals surface area (Å²) in [4.78, 5) is 21.6. The number of aromatic nitrogens is 2. The van der Waals surface area contributed by atoms with E-state index in [0.29, 0.717) is 19.5 Å². The Bertz CT molecular complexity index is 410. The van der Waals surface area contributed by atoms with Crippen LogP contribution in [-0.4, -0.2) is 41.2 Å².